The molecule has 1 heteroatoms. The molecule has 0 aliphatic heterocycles. The maximum Gasteiger partial charge on any atom is 0.0310 e. The summed E-state index contributed by atoms with van der Waals surface area (Å²) in [4.78, 5) is 0. The molecule has 0 nitrogen and oxygen atoms in total. The van der Waals surface area contributed by atoms with Crippen LogP contribution in [-0.4, -0.2) is 5.38 Å². The van der Waals surface area contributed by atoms with Gasteiger partial charge in [-0.3, -0.25) is 0 Å². The maximum atomic E-state index is 5.84. The number of hydrogen-bond donors (Lipinski definition) is 0. The summed E-state index contributed by atoms with van der Waals surface area (Å²) in [6.07, 6.45) is 1.21. The van der Waals surface area contributed by atoms with Crippen LogP contribution >= 0.6 is 11.6 Å². The summed E-state index contributed by atoms with van der Waals surface area (Å²) < 4.78 is 0. The zero-order chi connectivity index (χ0) is 7.02. The van der Waals surface area contributed by atoms with E-state index in [1.54, 1.807) is 0 Å². The van der Waals surface area contributed by atoms with Gasteiger partial charge in [0.2, 0.25) is 0 Å². The zero-order valence-corrected chi connectivity index (χ0v) is 7.15. The molecule has 9 heavy (non-hydrogen) atoms. The predicted molar refractivity (Wildman–Crippen MR) is 41.8 cm³/mol. The Morgan fingerprint density at radius 2 is 1.78 bits per heavy atom. The lowest BCUT2D eigenvalue weighted by molar-refractivity contribution is 0.648. The van der Waals surface area contributed by atoms with Gasteiger partial charge in [0.25, 0.3) is 0 Å². The van der Waals surface area contributed by atoms with Crippen LogP contribution in [0, 0.1) is 17.8 Å². The van der Waals surface area contributed by atoms with Crippen LogP contribution in [0.15, 0.2) is 0 Å². The summed E-state index contributed by atoms with van der Waals surface area (Å²) in [7, 11) is 0. The Morgan fingerprint density at radius 3 is 1.89 bits per heavy atom. The molecule has 1 aliphatic rings. The van der Waals surface area contributed by atoms with E-state index in [2.05, 4.69) is 20.8 Å². The molecule has 1 aliphatic carbocycles. The van der Waals surface area contributed by atoms with Gasteiger partial charge in [-0.1, -0.05) is 13.8 Å². The first-order chi connectivity index (χ1) is 4.13. The van der Waals surface area contributed by atoms with Gasteiger partial charge in [-0.25, -0.2) is 0 Å². The Morgan fingerprint density at radius 1 is 1.33 bits per heavy atom. The van der Waals surface area contributed by atoms with Crippen molar-refractivity contribution in [2.45, 2.75) is 32.6 Å². The second-order valence-corrected chi connectivity index (χ2v) is 4.14. The molecule has 3 unspecified atom stereocenters. The Balaban J connectivity index is 2.18. The highest BCUT2D eigenvalue weighted by atomic mass is 35.5. The second kappa shape index (κ2) is 2.49. The molecule has 0 aromatic carbocycles. The van der Waals surface area contributed by atoms with Gasteiger partial charge in [-0.05, 0) is 31.1 Å². The lowest BCUT2D eigenvalue weighted by Gasteiger charge is -1.98. The maximum absolute atomic E-state index is 5.84. The number of hydrogen-bond acceptors (Lipinski definition) is 0. The van der Waals surface area contributed by atoms with Crippen molar-refractivity contribution in [3.8, 4) is 0 Å². The molecule has 0 bridgehead atoms. The number of rotatable bonds is 2. The molecular weight excluding hydrogens is 132 g/mol. The molecule has 0 N–H and O–H groups in total. The van der Waals surface area contributed by atoms with Crippen molar-refractivity contribution < 1.29 is 0 Å². The third-order valence-corrected chi connectivity index (χ3v) is 2.81. The van der Waals surface area contributed by atoms with Crippen LogP contribution in [0.3, 0.4) is 0 Å². The molecule has 1 saturated carbocycles. The van der Waals surface area contributed by atoms with E-state index < -0.39 is 0 Å². The summed E-state index contributed by atoms with van der Waals surface area (Å²) >= 11 is 5.84. The molecular formula is C8H15Cl. The predicted octanol–water partition coefficient (Wildman–Crippen LogP) is 2.91. The Bertz CT molecular complexity index is 90.7. The van der Waals surface area contributed by atoms with Crippen LogP contribution in [0.1, 0.15) is 27.2 Å². The second-order valence-electron chi connectivity index (χ2n) is 3.40. The molecule has 1 fully saturated rings. The first-order valence-electron chi connectivity index (χ1n) is 3.77. The minimum absolute atomic E-state index is 0.377. The minimum Gasteiger partial charge on any atom is -0.123 e. The van der Waals surface area contributed by atoms with E-state index in [1.807, 2.05) is 0 Å². The lowest BCUT2D eigenvalue weighted by Crippen LogP contribution is -1.93. The molecule has 0 aromatic rings. The Labute approximate surface area is 62.6 Å². The molecule has 54 valence electrons. The van der Waals surface area contributed by atoms with Gasteiger partial charge in [0, 0.05) is 5.38 Å². The van der Waals surface area contributed by atoms with E-state index in [9.17, 15) is 0 Å². The van der Waals surface area contributed by atoms with Crippen LogP contribution < -0.4 is 0 Å². The average Bonchev–Trinajstić information content (AvgIpc) is 2.22. The minimum atomic E-state index is 0.377. The Hall–Kier alpha value is 0.290. The van der Waals surface area contributed by atoms with Crippen LogP contribution in [0.4, 0.5) is 0 Å². The van der Waals surface area contributed by atoms with Crippen molar-refractivity contribution in [3.63, 3.8) is 0 Å². The molecule has 0 saturated heterocycles. The van der Waals surface area contributed by atoms with E-state index in [-0.39, 0.29) is 0 Å². The molecule has 3 atom stereocenters. The van der Waals surface area contributed by atoms with Crippen molar-refractivity contribution in [3.05, 3.63) is 0 Å². The van der Waals surface area contributed by atoms with Crippen LogP contribution in [0.25, 0.3) is 0 Å². The van der Waals surface area contributed by atoms with E-state index in [0.29, 0.717) is 5.38 Å². The monoisotopic (exact) mass is 146 g/mol. The van der Waals surface area contributed by atoms with Crippen molar-refractivity contribution in [2.24, 2.45) is 17.8 Å². The van der Waals surface area contributed by atoms with Gasteiger partial charge in [0.15, 0.2) is 0 Å². The van der Waals surface area contributed by atoms with E-state index in [0.717, 1.165) is 17.8 Å². The fraction of sp³-hybridized carbons (Fsp3) is 1.00. The topological polar surface area (TPSA) is 0 Å². The van der Waals surface area contributed by atoms with Crippen molar-refractivity contribution in [1.82, 2.24) is 0 Å². The van der Waals surface area contributed by atoms with Gasteiger partial charge in [0.05, 0.1) is 0 Å². The molecule has 0 heterocycles. The summed E-state index contributed by atoms with van der Waals surface area (Å²) in [5.41, 5.74) is 0. The Kier molecular flexibility index (Phi) is 2.05. The third-order valence-electron chi connectivity index (χ3n) is 2.64. The van der Waals surface area contributed by atoms with Crippen LogP contribution in [0.2, 0.25) is 0 Å². The first kappa shape index (κ1) is 7.40. The van der Waals surface area contributed by atoms with E-state index >= 15 is 0 Å². The average molecular weight is 147 g/mol. The van der Waals surface area contributed by atoms with Gasteiger partial charge < -0.3 is 0 Å². The van der Waals surface area contributed by atoms with Gasteiger partial charge in [-0.15, -0.1) is 11.6 Å². The molecule has 0 amide bonds. The standard InChI is InChI=1S/C8H15Cl/c1-5(9)4-8-6(2)7(8)3/h5-8H,4H2,1-3H3. The number of halogens is 1. The summed E-state index contributed by atoms with van der Waals surface area (Å²) in [6, 6.07) is 0. The highest BCUT2D eigenvalue weighted by Crippen LogP contribution is 2.48. The molecule has 0 radical (unpaired) electrons. The number of alkyl halides is 1. The highest BCUT2D eigenvalue weighted by molar-refractivity contribution is 6.20. The van der Waals surface area contributed by atoms with Gasteiger partial charge in [0.1, 0.15) is 0 Å². The zero-order valence-electron chi connectivity index (χ0n) is 6.39. The first-order valence-corrected chi connectivity index (χ1v) is 4.20. The fourth-order valence-corrected chi connectivity index (χ4v) is 1.78. The van der Waals surface area contributed by atoms with E-state index in [4.69, 9.17) is 11.6 Å². The summed E-state index contributed by atoms with van der Waals surface area (Å²) in [5, 5.41) is 0.377. The quantitative estimate of drug-likeness (QED) is 0.526. The summed E-state index contributed by atoms with van der Waals surface area (Å²) in [5.74, 6) is 2.80. The largest absolute Gasteiger partial charge is 0.123 e. The summed E-state index contributed by atoms with van der Waals surface area (Å²) in [6.45, 7) is 6.71. The van der Waals surface area contributed by atoms with Crippen LogP contribution in [0.5, 0.6) is 0 Å². The molecule has 0 spiro atoms. The molecule has 1 rings (SSSR count). The van der Waals surface area contributed by atoms with E-state index in [1.165, 1.54) is 6.42 Å². The van der Waals surface area contributed by atoms with Gasteiger partial charge >= 0.3 is 0 Å². The fourth-order valence-electron chi connectivity index (χ4n) is 1.57. The van der Waals surface area contributed by atoms with Crippen molar-refractivity contribution >= 4 is 11.6 Å². The van der Waals surface area contributed by atoms with Gasteiger partial charge in [-0.2, -0.15) is 0 Å². The molecule has 0 aromatic heterocycles. The SMILES string of the molecule is CC(Cl)CC1C(C)C1C. The van der Waals surface area contributed by atoms with Crippen LogP contribution in [-0.2, 0) is 0 Å². The van der Waals surface area contributed by atoms with Crippen molar-refractivity contribution in [1.29, 1.82) is 0 Å². The highest BCUT2D eigenvalue weighted by Gasteiger charge is 2.42. The smallest absolute Gasteiger partial charge is 0.0310 e. The lowest BCUT2D eigenvalue weighted by atomic mass is 10.2. The third kappa shape index (κ3) is 1.61. The van der Waals surface area contributed by atoms with Crippen molar-refractivity contribution in [2.75, 3.05) is 0 Å². The normalized spacial score (nSPS) is 44.7.